The molecule has 1 N–H and O–H groups in total. The standard InChI is InChI=1S/C29H38N4O2/c1-18-9-8-10-23(15-18)20(3)30-27-25-17-24(16-19(2)26(25)31-21(4)32-27)22-11-13-33(14-12-22)28(34)35-29(5,6)7/h8-10,15-17,20,22H,11-14H2,1-7H3,(H,30,31,32)/t20-/m1/s1. The number of benzene rings is 2. The number of piperidine rings is 1. The lowest BCUT2D eigenvalue weighted by atomic mass is 9.87. The van der Waals surface area contributed by atoms with Crippen LogP contribution < -0.4 is 5.32 Å². The lowest BCUT2D eigenvalue weighted by Gasteiger charge is -2.33. The Morgan fingerprint density at radius 3 is 2.46 bits per heavy atom. The quantitative estimate of drug-likeness (QED) is 0.448. The van der Waals surface area contributed by atoms with Crippen LogP contribution >= 0.6 is 0 Å². The van der Waals surface area contributed by atoms with Crippen LogP contribution in [-0.2, 0) is 4.74 Å². The lowest BCUT2D eigenvalue weighted by molar-refractivity contribution is 0.0205. The normalized spacial score (nSPS) is 15.8. The van der Waals surface area contributed by atoms with E-state index in [-0.39, 0.29) is 12.1 Å². The zero-order valence-electron chi connectivity index (χ0n) is 22.1. The largest absolute Gasteiger partial charge is 0.444 e. The number of hydrogen-bond donors (Lipinski definition) is 1. The van der Waals surface area contributed by atoms with Crippen molar-refractivity contribution < 1.29 is 9.53 Å². The number of nitrogens with zero attached hydrogens (tertiary/aromatic N) is 3. The van der Waals surface area contributed by atoms with Crippen molar-refractivity contribution in [2.24, 2.45) is 0 Å². The Labute approximate surface area is 209 Å². The SMILES string of the molecule is Cc1cccc([C@@H](C)Nc2nc(C)nc3c(C)cc(C4CCN(C(=O)OC(C)(C)C)CC4)cc23)c1. The molecule has 2 heterocycles. The Hall–Kier alpha value is -3.15. The van der Waals surface area contributed by atoms with Gasteiger partial charge in [-0.05, 0) is 90.0 Å². The van der Waals surface area contributed by atoms with Crippen molar-refractivity contribution in [3.63, 3.8) is 0 Å². The summed E-state index contributed by atoms with van der Waals surface area (Å²) in [6, 6.07) is 13.2. The molecule has 4 rings (SSSR count). The van der Waals surface area contributed by atoms with E-state index >= 15 is 0 Å². The average molecular weight is 475 g/mol. The molecule has 1 amide bonds. The second kappa shape index (κ2) is 9.84. The van der Waals surface area contributed by atoms with Gasteiger partial charge in [0.15, 0.2) is 0 Å². The number of nitrogens with one attached hydrogen (secondary N) is 1. The molecule has 0 unspecified atom stereocenters. The number of amides is 1. The van der Waals surface area contributed by atoms with E-state index in [0.717, 1.165) is 41.0 Å². The first-order valence-electron chi connectivity index (χ1n) is 12.6. The van der Waals surface area contributed by atoms with Crippen LogP contribution in [0, 0.1) is 20.8 Å². The van der Waals surface area contributed by atoms with Gasteiger partial charge in [-0.25, -0.2) is 14.8 Å². The molecule has 6 nitrogen and oxygen atoms in total. The molecule has 1 aliphatic rings. The summed E-state index contributed by atoms with van der Waals surface area (Å²) in [6.45, 7) is 15.5. The molecule has 186 valence electrons. The summed E-state index contributed by atoms with van der Waals surface area (Å²) in [5.41, 5.74) is 5.45. The van der Waals surface area contributed by atoms with Crippen molar-refractivity contribution >= 4 is 22.8 Å². The highest BCUT2D eigenvalue weighted by atomic mass is 16.6. The molecule has 0 bridgehead atoms. The van der Waals surface area contributed by atoms with Crippen molar-refractivity contribution in [2.75, 3.05) is 18.4 Å². The van der Waals surface area contributed by atoms with Crippen LogP contribution in [0.15, 0.2) is 36.4 Å². The number of aromatic nitrogens is 2. The minimum absolute atomic E-state index is 0.119. The van der Waals surface area contributed by atoms with E-state index in [9.17, 15) is 4.79 Å². The first-order chi connectivity index (χ1) is 16.5. The van der Waals surface area contributed by atoms with Gasteiger partial charge >= 0.3 is 6.09 Å². The van der Waals surface area contributed by atoms with Crippen LogP contribution in [-0.4, -0.2) is 39.7 Å². The topological polar surface area (TPSA) is 67.4 Å². The van der Waals surface area contributed by atoms with Crippen molar-refractivity contribution in [1.29, 1.82) is 0 Å². The van der Waals surface area contributed by atoms with Crippen LogP contribution in [0.2, 0.25) is 0 Å². The van der Waals surface area contributed by atoms with Crippen molar-refractivity contribution in [2.45, 2.75) is 78.9 Å². The van der Waals surface area contributed by atoms with Crippen LogP contribution in [0.25, 0.3) is 10.9 Å². The Kier molecular flexibility index (Phi) is 7.02. The maximum absolute atomic E-state index is 12.5. The monoisotopic (exact) mass is 474 g/mol. The lowest BCUT2D eigenvalue weighted by Crippen LogP contribution is -2.41. The molecule has 1 fully saturated rings. The molecule has 1 atom stereocenters. The van der Waals surface area contributed by atoms with E-state index in [1.807, 2.05) is 32.6 Å². The van der Waals surface area contributed by atoms with E-state index in [1.165, 1.54) is 16.7 Å². The van der Waals surface area contributed by atoms with Crippen LogP contribution in [0.5, 0.6) is 0 Å². The summed E-state index contributed by atoms with van der Waals surface area (Å²) >= 11 is 0. The van der Waals surface area contributed by atoms with Gasteiger partial charge in [-0.1, -0.05) is 35.9 Å². The van der Waals surface area contributed by atoms with E-state index in [4.69, 9.17) is 14.7 Å². The van der Waals surface area contributed by atoms with Gasteiger partial charge in [-0.2, -0.15) is 0 Å². The molecule has 6 heteroatoms. The van der Waals surface area contributed by atoms with Crippen LogP contribution in [0.1, 0.15) is 80.6 Å². The number of carbonyl (C=O) groups excluding carboxylic acids is 1. The van der Waals surface area contributed by atoms with Crippen molar-refractivity contribution in [3.05, 3.63) is 64.5 Å². The Balaban J connectivity index is 1.58. The predicted molar refractivity (Wildman–Crippen MR) is 142 cm³/mol. The van der Waals surface area contributed by atoms with E-state index < -0.39 is 5.60 Å². The minimum Gasteiger partial charge on any atom is -0.444 e. The number of fused-ring (bicyclic) bond motifs is 1. The Morgan fingerprint density at radius 2 is 1.80 bits per heavy atom. The molecule has 0 spiro atoms. The molecule has 35 heavy (non-hydrogen) atoms. The molecule has 3 aromatic rings. The van der Waals surface area contributed by atoms with Gasteiger partial charge in [-0.3, -0.25) is 0 Å². The van der Waals surface area contributed by atoms with Crippen LogP contribution in [0.3, 0.4) is 0 Å². The number of aryl methyl sites for hydroxylation is 3. The number of carbonyl (C=O) groups is 1. The summed E-state index contributed by atoms with van der Waals surface area (Å²) in [6.07, 6.45) is 1.62. The van der Waals surface area contributed by atoms with Gasteiger partial charge in [0.25, 0.3) is 0 Å². The third kappa shape index (κ3) is 5.92. The molecular formula is C29H38N4O2. The van der Waals surface area contributed by atoms with Gasteiger partial charge in [0, 0.05) is 24.5 Å². The Bertz CT molecular complexity index is 1220. The van der Waals surface area contributed by atoms with Crippen LogP contribution in [0.4, 0.5) is 10.6 Å². The van der Waals surface area contributed by atoms with Crippen molar-refractivity contribution in [3.8, 4) is 0 Å². The van der Waals surface area contributed by atoms with Gasteiger partial charge in [-0.15, -0.1) is 0 Å². The van der Waals surface area contributed by atoms with E-state index in [0.29, 0.717) is 19.0 Å². The number of anilines is 1. The zero-order valence-corrected chi connectivity index (χ0v) is 22.1. The second-order valence-electron chi connectivity index (χ2n) is 10.9. The van der Waals surface area contributed by atoms with Gasteiger partial charge < -0.3 is 15.0 Å². The van der Waals surface area contributed by atoms with Gasteiger partial charge in [0.1, 0.15) is 17.2 Å². The number of hydrogen-bond acceptors (Lipinski definition) is 5. The fourth-order valence-corrected chi connectivity index (χ4v) is 4.84. The molecule has 1 saturated heterocycles. The van der Waals surface area contributed by atoms with Gasteiger partial charge in [0.2, 0.25) is 0 Å². The average Bonchev–Trinajstić information content (AvgIpc) is 2.78. The first kappa shape index (κ1) is 25.0. The van der Waals surface area contributed by atoms with Gasteiger partial charge in [0.05, 0.1) is 5.52 Å². The first-order valence-corrected chi connectivity index (χ1v) is 12.6. The van der Waals surface area contributed by atoms with E-state index in [1.54, 1.807) is 0 Å². The summed E-state index contributed by atoms with van der Waals surface area (Å²) in [7, 11) is 0. The molecular weight excluding hydrogens is 436 g/mol. The molecule has 2 aromatic carbocycles. The fourth-order valence-electron chi connectivity index (χ4n) is 4.84. The molecule has 1 aromatic heterocycles. The number of rotatable bonds is 4. The summed E-state index contributed by atoms with van der Waals surface area (Å²) < 4.78 is 5.56. The minimum atomic E-state index is -0.472. The third-order valence-electron chi connectivity index (χ3n) is 6.64. The highest BCUT2D eigenvalue weighted by Crippen LogP contribution is 2.34. The molecule has 0 saturated carbocycles. The Morgan fingerprint density at radius 1 is 1.09 bits per heavy atom. The summed E-state index contributed by atoms with van der Waals surface area (Å²) in [5, 5.41) is 4.70. The molecule has 0 aliphatic carbocycles. The maximum atomic E-state index is 12.5. The summed E-state index contributed by atoms with van der Waals surface area (Å²) in [4.78, 5) is 23.9. The highest BCUT2D eigenvalue weighted by Gasteiger charge is 2.28. The smallest absolute Gasteiger partial charge is 0.410 e. The van der Waals surface area contributed by atoms with E-state index in [2.05, 4.69) is 62.5 Å². The second-order valence-corrected chi connectivity index (χ2v) is 10.9. The number of likely N-dealkylation sites (tertiary alicyclic amines) is 1. The maximum Gasteiger partial charge on any atom is 0.410 e. The third-order valence-corrected chi connectivity index (χ3v) is 6.64. The summed E-state index contributed by atoms with van der Waals surface area (Å²) in [5.74, 6) is 2.02. The zero-order chi connectivity index (χ0) is 25.3. The highest BCUT2D eigenvalue weighted by molar-refractivity contribution is 5.92. The molecule has 0 radical (unpaired) electrons. The molecule has 1 aliphatic heterocycles. The predicted octanol–water partition coefficient (Wildman–Crippen LogP) is 6.84. The number of ether oxygens (including phenoxy) is 1. The fraction of sp³-hybridized carbons (Fsp3) is 0.483. The van der Waals surface area contributed by atoms with Crippen molar-refractivity contribution in [1.82, 2.24) is 14.9 Å².